The number of methoxy groups -OCH3 is 1. The molecular formula is C18H20ClN3O3S. The number of esters is 1. The summed E-state index contributed by atoms with van der Waals surface area (Å²) in [5.41, 5.74) is 7.72. The monoisotopic (exact) mass is 393 g/mol. The van der Waals surface area contributed by atoms with Crippen molar-refractivity contribution < 1.29 is 14.3 Å². The SMILES string of the molecule is CCOC(=O)c1sc(N)c(C#N)c1CN(C)Cc1cc(Cl)ccc1OC. The number of nitrogen functional groups attached to an aromatic ring is 1. The summed E-state index contributed by atoms with van der Waals surface area (Å²) in [5.74, 6) is 0.256. The fraction of sp³-hybridized carbons (Fsp3) is 0.333. The zero-order chi connectivity index (χ0) is 19.3. The number of nitriles is 1. The van der Waals surface area contributed by atoms with Crippen molar-refractivity contribution in [2.24, 2.45) is 0 Å². The Bertz CT molecular complexity index is 845. The van der Waals surface area contributed by atoms with E-state index in [1.54, 1.807) is 26.2 Å². The number of hydrogen-bond donors (Lipinski definition) is 1. The lowest BCUT2D eigenvalue weighted by molar-refractivity contribution is 0.0530. The van der Waals surface area contributed by atoms with Gasteiger partial charge in [0, 0.05) is 29.2 Å². The lowest BCUT2D eigenvalue weighted by Gasteiger charge is -2.19. The molecule has 0 unspecified atom stereocenters. The van der Waals surface area contributed by atoms with Crippen molar-refractivity contribution in [3.63, 3.8) is 0 Å². The molecule has 138 valence electrons. The third-order valence-corrected chi connectivity index (χ3v) is 4.99. The Hall–Kier alpha value is -2.27. The van der Waals surface area contributed by atoms with Crippen molar-refractivity contribution in [2.75, 3.05) is 26.5 Å². The minimum absolute atomic E-state index is 0.257. The Morgan fingerprint density at radius 2 is 2.15 bits per heavy atom. The summed E-state index contributed by atoms with van der Waals surface area (Å²) in [6, 6.07) is 7.48. The van der Waals surface area contributed by atoms with Crippen LogP contribution in [0.15, 0.2) is 18.2 Å². The van der Waals surface area contributed by atoms with E-state index in [1.165, 1.54) is 0 Å². The molecule has 0 aliphatic rings. The van der Waals surface area contributed by atoms with Crippen molar-refractivity contribution in [1.29, 1.82) is 5.26 Å². The van der Waals surface area contributed by atoms with Crippen LogP contribution in [0.2, 0.25) is 5.02 Å². The summed E-state index contributed by atoms with van der Waals surface area (Å²) in [7, 11) is 3.48. The summed E-state index contributed by atoms with van der Waals surface area (Å²) >= 11 is 7.16. The third-order valence-electron chi connectivity index (χ3n) is 3.72. The van der Waals surface area contributed by atoms with Crippen LogP contribution in [0, 0.1) is 11.3 Å². The number of rotatable bonds is 7. The maximum Gasteiger partial charge on any atom is 0.348 e. The number of benzene rings is 1. The Morgan fingerprint density at radius 1 is 1.42 bits per heavy atom. The van der Waals surface area contributed by atoms with Crippen LogP contribution in [0.3, 0.4) is 0 Å². The van der Waals surface area contributed by atoms with Crippen LogP contribution in [-0.4, -0.2) is 31.6 Å². The molecule has 8 heteroatoms. The Labute approximate surface area is 161 Å². The highest BCUT2D eigenvalue weighted by molar-refractivity contribution is 7.18. The first kappa shape index (κ1) is 20.0. The summed E-state index contributed by atoms with van der Waals surface area (Å²) in [4.78, 5) is 14.5. The first-order valence-corrected chi connectivity index (χ1v) is 9.10. The molecule has 0 bridgehead atoms. The minimum atomic E-state index is -0.463. The molecule has 0 aliphatic carbocycles. The normalized spacial score (nSPS) is 10.6. The quantitative estimate of drug-likeness (QED) is 0.722. The molecular weight excluding hydrogens is 374 g/mol. The van der Waals surface area contributed by atoms with Crippen molar-refractivity contribution in [1.82, 2.24) is 4.90 Å². The van der Waals surface area contributed by atoms with E-state index < -0.39 is 5.97 Å². The molecule has 2 aromatic rings. The van der Waals surface area contributed by atoms with Crippen LogP contribution < -0.4 is 10.5 Å². The van der Waals surface area contributed by atoms with E-state index in [2.05, 4.69) is 6.07 Å². The van der Waals surface area contributed by atoms with Crippen molar-refractivity contribution in [3.8, 4) is 11.8 Å². The number of ether oxygens (including phenoxy) is 2. The van der Waals surface area contributed by atoms with Crippen molar-refractivity contribution in [3.05, 3.63) is 44.8 Å². The van der Waals surface area contributed by atoms with Gasteiger partial charge in [0.1, 0.15) is 21.7 Å². The molecule has 0 atom stereocenters. The number of carbonyl (C=O) groups is 1. The minimum Gasteiger partial charge on any atom is -0.496 e. The molecule has 26 heavy (non-hydrogen) atoms. The van der Waals surface area contributed by atoms with E-state index in [0.717, 1.165) is 22.6 Å². The number of hydrogen-bond acceptors (Lipinski definition) is 7. The zero-order valence-corrected chi connectivity index (χ0v) is 16.4. The van der Waals surface area contributed by atoms with Crippen LogP contribution in [-0.2, 0) is 17.8 Å². The van der Waals surface area contributed by atoms with Crippen LogP contribution in [0.25, 0.3) is 0 Å². The highest BCUT2D eigenvalue weighted by Gasteiger charge is 2.24. The number of nitrogens with zero attached hydrogens (tertiary/aromatic N) is 2. The van der Waals surface area contributed by atoms with Crippen LogP contribution >= 0.6 is 22.9 Å². The fourth-order valence-corrected chi connectivity index (χ4v) is 3.72. The molecule has 2 rings (SSSR count). The average Bonchev–Trinajstić information content (AvgIpc) is 2.90. The number of carbonyl (C=O) groups excluding carboxylic acids is 1. The molecule has 0 spiro atoms. The van der Waals surface area contributed by atoms with Gasteiger partial charge in [-0.3, -0.25) is 4.90 Å². The van der Waals surface area contributed by atoms with Crippen LogP contribution in [0.1, 0.15) is 33.3 Å². The van der Waals surface area contributed by atoms with E-state index in [1.807, 2.05) is 18.0 Å². The van der Waals surface area contributed by atoms with Gasteiger partial charge in [0.2, 0.25) is 0 Å². The second-order valence-electron chi connectivity index (χ2n) is 5.61. The highest BCUT2D eigenvalue weighted by Crippen LogP contribution is 2.33. The molecule has 2 N–H and O–H groups in total. The number of nitrogens with two attached hydrogens (primary N) is 1. The van der Waals surface area contributed by atoms with Gasteiger partial charge < -0.3 is 15.2 Å². The lowest BCUT2D eigenvalue weighted by Crippen LogP contribution is -2.20. The van der Waals surface area contributed by atoms with Gasteiger partial charge in [-0.15, -0.1) is 11.3 Å². The van der Waals surface area contributed by atoms with Crippen LogP contribution in [0.5, 0.6) is 5.75 Å². The molecule has 1 aromatic carbocycles. The van der Waals surface area contributed by atoms with Crippen LogP contribution in [0.4, 0.5) is 5.00 Å². The van der Waals surface area contributed by atoms with E-state index in [0.29, 0.717) is 39.1 Å². The van der Waals surface area contributed by atoms with Gasteiger partial charge in [-0.2, -0.15) is 5.26 Å². The summed E-state index contributed by atoms with van der Waals surface area (Å²) in [6.45, 7) is 2.87. The first-order valence-electron chi connectivity index (χ1n) is 7.90. The van der Waals surface area contributed by atoms with Gasteiger partial charge in [-0.05, 0) is 32.2 Å². The molecule has 6 nitrogen and oxygen atoms in total. The predicted molar refractivity (Wildman–Crippen MR) is 103 cm³/mol. The van der Waals surface area contributed by atoms with Gasteiger partial charge in [-0.1, -0.05) is 11.6 Å². The molecule has 0 radical (unpaired) electrons. The lowest BCUT2D eigenvalue weighted by atomic mass is 10.1. The molecule has 0 amide bonds. The summed E-state index contributed by atoms with van der Waals surface area (Å²) in [5, 5.41) is 10.3. The van der Waals surface area contributed by atoms with E-state index >= 15 is 0 Å². The van der Waals surface area contributed by atoms with Gasteiger partial charge in [0.15, 0.2) is 0 Å². The Kier molecular flexibility index (Phi) is 6.86. The second-order valence-corrected chi connectivity index (χ2v) is 7.10. The molecule has 0 saturated heterocycles. The van der Waals surface area contributed by atoms with Gasteiger partial charge in [0.25, 0.3) is 0 Å². The van der Waals surface area contributed by atoms with Gasteiger partial charge >= 0.3 is 5.97 Å². The van der Waals surface area contributed by atoms with Crippen molar-refractivity contribution in [2.45, 2.75) is 20.0 Å². The maximum atomic E-state index is 12.2. The van der Waals surface area contributed by atoms with E-state index in [9.17, 15) is 10.1 Å². The molecule has 0 fully saturated rings. The standard InChI is InChI=1S/C18H20ClN3O3S/c1-4-25-18(23)16-14(13(8-20)17(21)26-16)10-22(2)9-11-7-12(19)5-6-15(11)24-3/h5-7H,4,9-10,21H2,1-3H3. The van der Waals surface area contributed by atoms with E-state index in [-0.39, 0.29) is 6.61 Å². The fourth-order valence-electron chi connectivity index (χ4n) is 2.61. The third kappa shape index (κ3) is 4.47. The van der Waals surface area contributed by atoms with E-state index in [4.69, 9.17) is 26.8 Å². The van der Waals surface area contributed by atoms with Crippen molar-refractivity contribution >= 4 is 33.9 Å². The average molecular weight is 394 g/mol. The number of thiophene rings is 1. The van der Waals surface area contributed by atoms with Gasteiger partial charge in [0.05, 0.1) is 19.3 Å². The summed E-state index contributed by atoms with van der Waals surface area (Å²) < 4.78 is 10.4. The Balaban J connectivity index is 2.29. The topological polar surface area (TPSA) is 88.6 Å². The molecule has 1 aromatic heterocycles. The predicted octanol–water partition coefficient (Wildman–Crippen LogP) is 3.67. The molecule has 1 heterocycles. The molecule has 0 aliphatic heterocycles. The number of halogens is 1. The second kappa shape index (κ2) is 8.90. The zero-order valence-electron chi connectivity index (χ0n) is 14.8. The molecule has 0 saturated carbocycles. The Morgan fingerprint density at radius 3 is 2.77 bits per heavy atom. The maximum absolute atomic E-state index is 12.2. The first-order chi connectivity index (χ1) is 12.4. The number of anilines is 1. The highest BCUT2D eigenvalue weighted by atomic mass is 35.5. The smallest absolute Gasteiger partial charge is 0.348 e. The summed E-state index contributed by atoms with van der Waals surface area (Å²) in [6.07, 6.45) is 0. The van der Waals surface area contributed by atoms with Gasteiger partial charge in [-0.25, -0.2) is 4.79 Å². The largest absolute Gasteiger partial charge is 0.496 e.